The third-order valence-electron chi connectivity index (χ3n) is 3.90. The van der Waals surface area contributed by atoms with E-state index in [2.05, 4.69) is 15.6 Å². The van der Waals surface area contributed by atoms with E-state index < -0.39 is 29.2 Å². The molecule has 29 heavy (non-hydrogen) atoms. The fourth-order valence-corrected chi connectivity index (χ4v) is 2.56. The van der Waals surface area contributed by atoms with Gasteiger partial charge in [-0.25, -0.2) is 13.6 Å². The zero-order valence-corrected chi connectivity index (χ0v) is 15.4. The van der Waals surface area contributed by atoms with Crippen LogP contribution in [0.25, 0.3) is 0 Å². The average Bonchev–Trinajstić information content (AvgIpc) is 2.71. The Bertz CT molecular complexity index is 1040. The lowest BCUT2D eigenvalue weighted by molar-refractivity contribution is 0.0527. The van der Waals surface area contributed by atoms with Crippen LogP contribution in [-0.4, -0.2) is 23.5 Å². The van der Waals surface area contributed by atoms with E-state index in [0.29, 0.717) is 16.9 Å². The number of nitrogens with one attached hydrogen (secondary N) is 2. The largest absolute Gasteiger partial charge is 0.462 e. The number of pyridine rings is 1. The Morgan fingerprint density at radius 1 is 1.03 bits per heavy atom. The summed E-state index contributed by atoms with van der Waals surface area (Å²) in [6.07, 6.45) is 1.36. The van der Waals surface area contributed by atoms with Crippen LogP contribution in [-0.2, 0) is 4.74 Å². The van der Waals surface area contributed by atoms with Gasteiger partial charge in [-0.3, -0.25) is 9.78 Å². The van der Waals surface area contributed by atoms with Crippen molar-refractivity contribution < 1.29 is 23.1 Å². The molecule has 0 fully saturated rings. The number of ether oxygens (including phenoxy) is 1. The summed E-state index contributed by atoms with van der Waals surface area (Å²) in [5, 5.41) is 5.20. The van der Waals surface area contributed by atoms with Gasteiger partial charge < -0.3 is 15.4 Å². The molecule has 0 radical (unpaired) electrons. The van der Waals surface area contributed by atoms with Gasteiger partial charge in [-0.05, 0) is 43.3 Å². The van der Waals surface area contributed by atoms with Crippen molar-refractivity contribution in [3.05, 3.63) is 83.7 Å². The van der Waals surface area contributed by atoms with E-state index in [1.54, 1.807) is 37.3 Å². The summed E-state index contributed by atoms with van der Waals surface area (Å²) in [6.45, 7) is 1.94. The smallest absolute Gasteiger partial charge is 0.340 e. The van der Waals surface area contributed by atoms with Crippen molar-refractivity contribution >= 4 is 28.9 Å². The van der Waals surface area contributed by atoms with Crippen molar-refractivity contribution in [2.75, 3.05) is 17.2 Å². The van der Waals surface area contributed by atoms with Gasteiger partial charge >= 0.3 is 5.97 Å². The van der Waals surface area contributed by atoms with Gasteiger partial charge in [0, 0.05) is 11.9 Å². The summed E-state index contributed by atoms with van der Waals surface area (Å²) in [4.78, 5) is 28.4. The number of aromatic nitrogens is 1. The lowest BCUT2D eigenvalue weighted by Crippen LogP contribution is -2.16. The number of rotatable bonds is 6. The van der Waals surface area contributed by atoms with E-state index >= 15 is 0 Å². The second kappa shape index (κ2) is 8.92. The Balaban J connectivity index is 1.82. The molecule has 0 atom stereocenters. The van der Waals surface area contributed by atoms with Crippen LogP contribution in [0.2, 0.25) is 0 Å². The van der Waals surface area contributed by atoms with Gasteiger partial charge in [0.05, 0.1) is 17.9 Å². The third-order valence-corrected chi connectivity index (χ3v) is 3.90. The molecule has 6 nitrogen and oxygen atoms in total. The normalized spacial score (nSPS) is 10.3. The van der Waals surface area contributed by atoms with E-state index in [0.717, 1.165) is 12.1 Å². The first-order chi connectivity index (χ1) is 14.0. The van der Waals surface area contributed by atoms with Crippen LogP contribution in [0.5, 0.6) is 0 Å². The highest BCUT2D eigenvalue weighted by Crippen LogP contribution is 2.23. The number of amides is 1. The number of carbonyl (C=O) groups excluding carboxylic acids is 2. The highest BCUT2D eigenvalue weighted by atomic mass is 19.1. The van der Waals surface area contributed by atoms with Crippen LogP contribution in [0.15, 0.2) is 60.8 Å². The van der Waals surface area contributed by atoms with Gasteiger partial charge in [0.15, 0.2) is 0 Å². The van der Waals surface area contributed by atoms with Crippen molar-refractivity contribution in [3.63, 3.8) is 0 Å². The number of halogens is 2. The van der Waals surface area contributed by atoms with E-state index in [1.807, 2.05) is 0 Å². The molecule has 3 aromatic rings. The highest BCUT2D eigenvalue weighted by molar-refractivity contribution is 6.03. The standard InChI is InChI=1S/C21H17F2N3O3/c1-2-29-21(28)14-6-3-4-9-17(14)25-13-10-11-24-18(12-13)20(27)26-19-15(22)7-5-8-16(19)23/h3-12H,2H2,1H3,(H,24,25)(H,26,27). The van der Waals surface area contributed by atoms with E-state index in [1.165, 1.54) is 18.3 Å². The summed E-state index contributed by atoms with van der Waals surface area (Å²) >= 11 is 0. The van der Waals surface area contributed by atoms with Crippen LogP contribution in [0.3, 0.4) is 0 Å². The van der Waals surface area contributed by atoms with Crippen LogP contribution in [0, 0.1) is 11.6 Å². The molecular weight excluding hydrogens is 380 g/mol. The number of benzene rings is 2. The molecule has 0 aliphatic heterocycles. The lowest BCUT2D eigenvalue weighted by atomic mass is 10.1. The van der Waals surface area contributed by atoms with Gasteiger partial charge in [-0.1, -0.05) is 18.2 Å². The van der Waals surface area contributed by atoms with E-state index in [-0.39, 0.29) is 12.3 Å². The molecule has 0 aliphatic carbocycles. The molecule has 1 aromatic heterocycles. The van der Waals surface area contributed by atoms with Crippen molar-refractivity contribution in [3.8, 4) is 0 Å². The van der Waals surface area contributed by atoms with Crippen molar-refractivity contribution in [1.82, 2.24) is 4.98 Å². The van der Waals surface area contributed by atoms with Gasteiger partial charge in [0.1, 0.15) is 23.0 Å². The minimum atomic E-state index is -0.893. The Hall–Kier alpha value is -3.81. The Morgan fingerprint density at radius 3 is 2.48 bits per heavy atom. The molecule has 2 N–H and O–H groups in total. The number of esters is 1. The van der Waals surface area contributed by atoms with Gasteiger partial charge in [0.25, 0.3) is 5.91 Å². The summed E-state index contributed by atoms with van der Waals surface area (Å²) in [5.74, 6) is -3.05. The predicted octanol–water partition coefficient (Wildman–Crippen LogP) is 4.53. The molecule has 0 bridgehead atoms. The monoisotopic (exact) mass is 397 g/mol. The molecule has 2 aromatic carbocycles. The first-order valence-electron chi connectivity index (χ1n) is 8.74. The van der Waals surface area contributed by atoms with Crippen LogP contribution in [0.4, 0.5) is 25.8 Å². The first-order valence-corrected chi connectivity index (χ1v) is 8.74. The zero-order valence-electron chi connectivity index (χ0n) is 15.4. The number of hydrogen-bond acceptors (Lipinski definition) is 5. The Labute approximate surface area is 165 Å². The number of para-hydroxylation sites is 2. The van der Waals surface area contributed by atoms with Crippen molar-refractivity contribution in [2.45, 2.75) is 6.92 Å². The minimum absolute atomic E-state index is 0.0636. The first kappa shape index (κ1) is 19.9. The molecule has 1 heterocycles. The molecule has 0 saturated heterocycles. The maximum absolute atomic E-state index is 13.7. The number of nitrogens with zero attached hydrogens (tertiary/aromatic N) is 1. The van der Waals surface area contributed by atoms with Gasteiger partial charge in [-0.2, -0.15) is 0 Å². The predicted molar refractivity (Wildman–Crippen MR) is 104 cm³/mol. The third kappa shape index (κ3) is 4.73. The fourth-order valence-electron chi connectivity index (χ4n) is 2.56. The highest BCUT2D eigenvalue weighted by Gasteiger charge is 2.16. The SMILES string of the molecule is CCOC(=O)c1ccccc1Nc1ccnc(C(=O)Nc2c(F)cccc2F)c1. The zero-order chi connectivity index (χ0) is 20.8. The maximum Gasteiger partial charge on any atom is 0.340 e. The molecule has 0 spiro atoms. The summed E-state index contributed by atoms with van der Waals surface area (Å²) < 4.78 is 32.5. The Morgan fingerprint density at radius 2 is 1.76 bits per heavy atom. The van der Waals surface area contributed by atoms with Gasteiger partial charge in [-0.15, -0.1) is 0 Å². The van der Waals surface area contributed by atoms with E-state index in [9.17, 15) is 18.4 Å². The van der Waals surface area contributed by atoms with Crippen molar-refractivity contribution in [2.24, 2.45) is 0 Å². The van der Waals surface area contributed by atoms with Crippen LogP contribution >= 0.6 is 0 Å². The molecule has 1 amide bonds. The summed E-state index contributed by atoms with van der Waals surface area (Å²) in [7, 11) is 0. The second-order valence-corrected chi connectivity index (χ2v) is 5.87. The molecule has 148 valence electrons. The molecule has 3 rings (SSSR count). The lowest BCUT2D eigenvalue weighted by Gasteiger charge is -2.12. The minimum Gasteiger partial charge on any atom is -0.462 e. The number of hydrogen-bond donors (Lipinski definition) is 2. The Kier molecular flexibility index (Phi) is 6.13. The molecule has 0 unspecified atom stereocenters. The molecular formula is C21H17F2N3O3. The quantitative estimate of drug-likeness (QED) is 0.598. The molecule has 8 heteroatoms. The average molecular weight is 397 g/mol. The fraction of sp³-hybridized carbons (Fsp3) is 0.0952. The second-order valence-electron chi connectivity index (χ2n) is 5.87. The van der Waals surface area contributed by atoms with E-state index in [4.69, 9.17) is 4.74 Å². The van der Waals surface area contributed by atoms with Crippen molar-refractivity contribution in [1.29, 1.82) is 0 Å². The van der Waals surface area contributed by atoms with Crippen LogP contribution in [0.1, 0.15) is 27.8 Å². The molecule has 0 aliphatic rings. The number of anilines is 3. The topological polar surface area (TPSA) is 80.3 Å². The maximum atomic E-state index is 13.7. The summed E-state index contributed by atoms with van der Waals surface area (Å²) in [5.41, 5.74) is 0.640. The van der Waals surface area contributed by atoms with Gasteiger partial charge in [0.2, 0.25) is 0 Å². The molecule has 0 saturated carbocycles. The summed E-state index contributed by atoms with van der Waals surface area (Å²) in [6, 6.07) is 13.0. The van der Waals surface area contributed by atoms with Crippen LogP contribution < -0.4 is 10.6 Å². The number of carbonyl (C=O) groups is 2.